The van der Waals surface area contributed by atoms with Crippen LogP contribution in [0.25, 0.3) is 0 Å². The minimum Gasteiger partial charge on any atom is -0.508 e. The summed E-state index contributed by atoms with van der Waals surface area (Å²) in [5.74, 6) is -0.472. The largest absolute Gasteiger partial charge is 0.536 e. The van der Waals surface area contributed by atoms with E-state index in [0.717, 1.165) is 11.1 Å². The molecule has 13 nitrogen and oxygen atoms in total. The van der Waals surface area contributed by atoms with E-state index in [9.17, 15) is 44.7 Å². The van der Waals surface area contributed by atoms with E-state index < -0.39 is 32.6 Å². The van der Waals surface area contributed by atoms with Gasteiger partial charge < -0.3 is 44.9 Å². The molecule has 0 amide bonds. The van der Waals surface area contributed by atoms with Crippen molar-refractivity contribution in [2.24, 2.45) is 0 Å². The Morgan fingerprint density at radius 1 is 0.521 bits per heavy atom. The van der Waals surface area contributed by atoms with Crippen molar-refractivity contribution >= 4 is 15.6 Å². The maximum atomic E-state index is 11.6. The van der Waals surface area contributed by atoms with E-state index in [-0.39, 0.29) is 50.7 Å². The Bertz CT molecular complexity index is 1640. The summed E-state index contributed by atoms with van der Waals surface area (Å²) in [4.78, 5) is 26.5. The lowest BCUT2D eigenvalue weighted by Crippen LogP contribution is -2.12. The lowest BCUT2D eigenvalue weighted by atomic mass is 9.85. The molecule has 0 aliphatic heterocycles. The molecule has 0 aliphatic rings. The fourth-order valence-corrected chi connectivity index (χ4v) is 5.91. The Hall–Kier alpha value is -3.44. The van der Waals surface area contributed by atoms with E-state index in [1.54, 1.807) is 58.9 Å². The molecule has 48 heavy (non-hydrogen) atoms. The first-order chi connectivity index (χ1) is 21.3. The van der Waals surface area contributed by atoms with E-state index in [4.69, 9.17) is 9.79 Å². The summed E-state index contributed by atoms with van der Waals surface area (Å²) in [6.45, 7) is 21.9. The van der Waals surface area contributed by atoms with Crippen molar-refractivity contribution in [3.8, 4) is 40.2 Å². The summed E-state index contributed by atoms with van der Waals surface area (Å²) in [7, 11) is -10.5. The fraction of sp³-hybridized carbons (Fsp3) is 0.455. The molecule has 0 aromatic heterocycles. The number of rotatable bonds is 4. The Morgan fingerprint density at radius 3 is 1.17 bits per heavy atom. The van der Waals surface area contributed by atoms with Crippen molar-refractivity contribution in [2.75, 3.05) is 0 Å². The zero-order valence-corrected chi connectivity index (χ0v) is 31.2. The highest BCUT2D eigenvalue weighted by Gasteiger charge is 2.36. The van der Waals surface area contributed by atoms with Gasteiger partial charge in [-0.3, -0.25) is 4.89 Å². The molecule has 0 radical (unpaired) electrons. The lowest BCUT2D eigenvalue weighted by Gasteiger charge is -2.24. The molecular formula is C33H50O13P2. The minimum absolute atomic E-state index is 0.0888. The highest BCUT2D eigenvalue weighted by molar-refractivity contribution is 7.60. The summed E-state index contributed by atoms with van der Waals surface area (Å²) in [5.41, 5.74) is 2.14. The third-order valence-corrected chi connectivity index (χ3v) is 9.03. The molecule has 0 heterocycles. The van der Waals surface area contributed by atoms with E-state index in [0.29, 0.717) is 11.1 Å². The highest BCUT2D eigenvalue weighted by atomic mass is 31.3. The summed E-state index contributed by atoms with van der Waals surface area (Å²) in [5, 5.41) is 58.2. The second kappa shape index (κ2) is 15.0. The molecule has 0 bridgehead atoms. The Balaban J connectivity index is 0.000000381. The van der Waals surface area contributed by atoms with E-state index >= 15 is 0 Å². The van der Waals surface area contributed by atoms with Crippen molar-refractivity contribution in [3.05, 3.63) is 63.7 Å². The lowest BCUT2D eigenvalue weighted by molar-refractivity contribution is 0.226. The second-order valence-electron chi connectivity index (χ2n) is 14.4. The van der Waals surface area contributed by atoms with Crippen LogP contribution in [-0.2, 0) is 29.7 Å². The number of aromatic hydroxyl groups is 6. The number of benzene rings is 3. The van der Waals surface area contributed by atoms with Gasteiger partial charge in [0, 0.05) is 22.3 Å². The van der Waals surface area contributed by atoms with Crippen LogP contribution >= 0.6 is 15.6 Å². The van der Waals surface area contributed by atoms with E-state index in [1.807, 2.05) is 41.5 Å². The predicted octanol–water partition coefficient (Wildman–Crippen LogP) is 7.70. The summed E-state index contributed by atoms with van der Waals surface area (Å²) in [6.07, 6.45) is 0. The molecule has 0 saturated heterocycles. The molecule has 3 rings (SSSR count). The number of phosphoric acid groups is 2. The molecule has 3 aromatic rings. The molecule has 0 saturated carbocycles. The van der Waals surface area contributed by atoms with E-state index in [1.165, 1.54) is 13.0 Å². The number of hydrogen-bond acceptors (Lipinski definition) is 10. The van der Waals surface area contributed by atoms with E-state index in [2.05, 4.69) is 8.83 Å². The van der Waals surface area contributed by atoms with Crippen LogP contribution in [0.2, 0.25) is 0 Å². The topological polar surface area (TPSA) is 235 Å². The molecular weight excluding hydrogens is 666 g/mol. The molecule has 1 unspecified atom stereocenters. The Kier molecular flexibility index (Phi) is 13.3. The zero-order chi connectivity index (χ0) is 38.0. The van der Waals surface area contributed by atoms with Crippen molar-refractivity contribution in [1.82, 2.24) is 0 Å². The normalized spacial score (nSPS) is 13.4. The average Bonchev–Trinajstić information content (AvgIpc) is 2.85. The van der Waals surface area contributed by atoms with Crippen LogP contribution in [0.1, 0.15) is 95.7 Å². The van der Waals surface area contributed by atoms with Gasteiger partial charge in [0.15, 0.2) is 11.5 Å². The number of phenolic OH excluding ortho intramolecular Hbond substituents is 6. The molecule has 15 heteroatoms. The number of phenols is 6. The fourth-order valence-electron chi connectivity index (χ4n) is 4.24. The zero-order valence-electron chi connectivity index (χ0n) is 29.4. The summed E-state index contributed by atoms with van der Waals surface area (Å²) < 4.78 is 30.5. The Morgan fingerprint density at radius 2 is 0.854 bits per heavy atom. The predicted molar refractivity (Wildman–Crippen MR) is 183 cm³/mol. The van der Waals surface area contributed by atoms with Crippen LogP contribution in [0, 0.1) is 20.8 Å². The van der Waals surface area contributed by atoms with Gasteiger partial charge in [0.2, 0.25) is 0 Å². The van der Waals surface area contributed by atoms with Gasteiger partial charge >= 0.3 is 15.6 Å². The standard InChI is InChI=1S/C11H18O9P2.2C11H16O2/c1-6-8(12)5-7(11(2,3)4)9(13)10(6)19-22(17,18)20-21(14,15)16;2*1-7-5-10(13)8(6-9(7)12)11(2,3)4/h5,12-13H,1-4H3,(H,17,18)(H2,14,15,16);2*5-6,12-13H,1-4H3. The van der Waals surface area contributed by atoms with Crippen molar-refractivity contribution in [2.45, 2.75) is 99.3 Å². The van der Waals surface area contributed by atoms with Gasteiger partial charge in [0.05, 0.1) is 0 Å². The van der Waals surface area contributed by atoms with Crippen LogP contribution in [0.5, 0.6) is 40.2 Å². The third-order valence-electron chi connectivity index (χ3n) is 6.94. The highest BCUT2D eigenvalue weighted by Crippen LogP contribution is 2.59. The first-order valence-electron chi connectivity index (χ1n) is 14.7. The minimum atomic E-state index is -5.29. The number of hydrogen-bond donors (Lipinski definition) is 9. The van der Waals surface area contributed by atoms with Gasteiger partial charge in [-0.25, -0.2) is 9.13 Å². The first kappa shape index (κ1) is 42.6. The molecule has 3 aromatic carbocycles. The molecule has 0 aliphatic carbocycles. The van der Waals surface area contributed by atoms with Gasteiger partial charge in [-0.05, 0) is 78.5 Å². The maximum absolute atomic E-state index is 11.6. The molecule has 1 atom stereocenters. The van der Waals surface area contributed by atoms with Gasteiger partial charge in [-0.1, -0.05) is 62.3 Å². The van der Waals surface area contributed by atoms with Crippen LogP contribution < -0.4 is 4.52 Å². The SMILES string of the molecule is Cc1c(O)cc(C(C)(C)C)c(O)c1OP(=O)(O)OP(=O)(O)O.Cc1cc(O)c(C(C)(C)C)cc1O.Cc1cc(O)c(C(C)(C)C)cc1O. The van der Waals surface area contributed by atoms with Crippen LogP contribution in [-0.4, -0.2) is 45.3 Å². The molecule has 0 fully saturated rings. The second-order valence-corrected chi connectivity index (χ2v) is 17.2. The van der Waals surface area contributed by atoms with Crippen LogP contribution in [0.4, 0.5) is 0 Å². The molecule has 0 spiro atoms. The number of aryl methyl sites for hydroxylation is 2. The number of phosphoric ester groups is 1. The van der Waals surface area contributed by atoms with Gasteiger partial charge in [-0.15, -0.1) is 0 Å². The average molecular weight is 717 g/mol. The monoisotopic (exact) mass is 716 g/mol. The van der Waals surface area contributed by atoms with Crippen molar-refractivity contribution < 1.29 is 63.3 Å². The Labute approximate surface area is 282 Å². The smallest absolute Gasteiger partial charge is 0.508 e. The van der Waals surface area contributed by atoms with Crippen LogP contribution in [0.15, 0.2) is 30.3 Å². The third kappa shape index (κ3) is 12.2. The van der Waals surface area contributed by atoms with Crippen molar-refractivity contribution in [3.63, 3.8) is 0 Å². The quantitative estimate of drug-likeness (QED) is 0.0931. The summed E-state index contributed by atoms with van der Waals surface area (Å²) >= 11 is 0. The first-order valence-corrected chi connectivity index (χ1v) is 17.7. The van der Waals surface area contributed by atoms with Gasteiger partial charge in [0.1, 0.15) is 28.7 Å². The maximum Gasteiger partial charge on any atom is 0.536 e. The van der Waals surface area contributed by atoms with Gasteiger partial charge in [0.25, 0.3) is 0 Å². The summed E-state index contributed by atoms with van der Waals surface area (Å²) in [6, 6.07) is 7.71. The molecule has 9 N–H and O–H groups in total. The van der Waals surface area contributed by atoms with Gasteiger partial charge in [-0.2, -0.15) is 4.31 Å². The molecule has 270 valence electrons. The van der Waals surface area contributed by atoms with Crippen molar-refractivity contribution in [1.29, 1.82) is 0 Å². The van der Waals surface area contributed by atoms with Crippen LogP contribution in [0.3, 0.4) is 0 Å².